The third-order valence-corrected chi connectivity index (χ3v) is 2.64. The third-order valence-electron chi connectivity index (χ3n) is 2.64. The molecule has 1 aromatic rings. The highest BCUT2D eigenvalue weighted by Gasteiger charge is 2.04. The van der Waals surface area contributed by atoms with E-state index < -0.39 is 0 Å². The molecule has 18 heavy (non-hydrogen) atoms. The molecule has 0 saturated carbocycles. The van der Waals surface area contributed by atoms with Crippen molar-refractivity contribution >= 4 is 6.08 Å². The van der Waals surface area contributed by atoms with Crippen LogP contribution in [0, 0.1) is 17.2 Å². The van der Waals surface area contributed by atoms with Gasteiger partial charge in [0.25, 0.3) is 0 Å². The van der Waals surface area contributed by atoms with Crippen LogP contribution in [0.4, 0.5) is 0 Å². The van der Waals surface area contributed by atoms with Crippen LogP contribution in [-0.2, 0) is 0 Å². The Morgan fingerprint density at radius 1 is 1.28 bits per heavy atom. The van der Waals surface area contributed by atoms with Crippen LogP contribution in [0.5, 0.6) is 0 Å². The maximum atomic E-state index is 8.66. The summed E-state index contributed by atoms with van der Waals surface area (Å²) in [6.07, 6.45) is 4.92. The van der Waals surface area contributed by atoms with Gasteiger partial charge >= 0.3 is 0 Å². The number of rotatable bonds is 7. The van der Waals surface area contributed by atoms with Gasteiger partial charge in [-0.3, -0.25) is 4.90 Å². The van der Waals surface area contributed by atoms with Gasteiger partial charge in [-0.25, -0.2) is 0 Å². The summed E-state index contributed by atoms with van der Waals surface area (Å²) >= 11 is 0. The Balaban J connectivity index is 2.45. The summed E-state index contributed by atoms with van der Waals surface area (Å²) in [4.78, 5) is 2.33. The molecule has 0 N–H and O–H groups in total. The van der Waals surface area contributed by atoms with E-state index in [1.165, 1.54) is 5.56 Å². The Bertz CT molecular complexity index is 387. The molecule has 0 aliphatic heterocycles. The molecule has 0 unspecified atom stereocenters. The lowest BCUT2D eigenvalue weighted by molar-refractivity contribution is 0.274. The molecular weight excluding hydrogens is 220 g/mol. The van der Waals surface area contributed by atoms with Gasteiger partial charge in [-0.15, -0.1) is 0 Å². The lowest BCUT2D eigenvalue weighted by Crippen LogP contribution is -2.28. The summed E-state index contributed by atoms with van der Waals surface area (Å²) in [6.45, 7) is 7.23. The van der Waals surface area contributed by atoms with Gasteiger partial charge in [0, 0.05) is 26.1 Å². The van der Waals surface area contributed by atoms with Crippen molar-refractivity contribution < 1.29 is 0 Å². The lowest BCUT2D eigenvalue weighted by atomic mass is 10.2. The Morgan fingerprint density at radius 2 is 2.00 bits per heavy atom. The largest absolute Gasteiger partial charge is 0.298 e. The molecular formula is C16H22N2. The summed E-state index contributed by atoms with van der Waals surface area (Å²) < 4.78 is 0. The Hall–Kier alpha value is -1.59. The van der Waals surface area contributed by atoms with E-state index >= 15 is 0 Å². The first-order valence-corrected chi connectivity index (χ1v) is 6.53. The van der Waals surface area contributed by atoms with E-state index in [-0.39, 0.29) is 0 Å². The first-order valence-electron chi connectivity index (χ1n) is 6.53. The summed E-state index contributed by atoms with van der Waals surface area (Å²) in [5, 5.41) is 8.66. The molecule has 0 aromatic heterocycles. The summed E-state index contributed by atoms with van der Waals surface area (Å²) in [6, 6.07) is 12.5. The molecule has 1 aromatic carbocycles. The predicted molar refractivity (Wildman–Crippen MR) is 77.0 cm³/mol. The van der Waals surface area contributed by atoms with Crippen LogP contribution < -0.4 is 0 Å². The lowest BCUT2D eigenvalue weighted by Gasteiger charge is -2.21. The second-order valence-corrected chi connectivity index (χ2v) is 4.87. The second-order valence-electron chi connectivity index (χ2n) is 4.87. The van der Waals surface area contributed by atoms with Gasteiger partial charge in [-0.1, -0.05) is 56.3 Å². The standard InChI is InChI=1S/C16H22N2/c1-15(2)14-18(13-7-11-17)12-6-10-16-8-4-3-5-9-16/h3-6,8-10,15H,7,12-14H2,1-2H3. The molecule has 2 nitrogen and oxygen atoms in total. The number of hydrogen-bond donors (Lipinski definition) is 0. The van der Waals surface area contributed by atoms with Crippen LogP contribution >= 0.6 is 0 Å². The van der Waals surface area contributed by atoms with Crippen LogP contribution in [0.2, 0.25) is 0 Å². The Labute approximate surface area is 111 Å². The monoisotopic (exact) mass is 242 g/mol. The van der Waals surface area contributed by atoms with Crippen molar-refractivity contribution in [3.8, 4) is 6.07 Å². The first kappa shape index (κ1) is 14.5. The maximum absolute atomic E-state index is 8.66. The fourth-order valence-electron chi connectivity index (χ4n) is 1.88. The summed E-state index contributed by atoms with van der Waals surface area (Å²) in [5.41, 5.74) is 1.22. The van der Waals surface area contributed by atoms with Crippen LogP contribution in [0.1, 0.15) is 25.8 Å². The Morgan fingerprint density at radius 3 is 2.61 bits per heavy atom. The zero-order valence-electron chi connectivity index (χ0n) is 11.3. The van der Waals surface area contributed by atoms with Gasteiger partial charge in [0.15, 0.2) is 0 Å². The molecule has 0 aliphatic carbocycles. The molecule has 1 rings (SSSR count). The van der Waals surface area contributed by atoms with Gasteiger partial charge in [-0.05, 0) is 11.5 Å². The highest BCUT2D eigenvalue weighted by molar-refractivity contribution is 5.48. The smallest absolute Gasteiger partial charge is 0.0635 e. The molecule has 2 heteroatoms. The third kappa shape index (κ3) is 6.22. The van der Waals surface area contributed by atoms with Crippen molar-refractivity contribution in [1.29, 1.82) is 5.26 Å². The van der Waals surface area contributed by atoms with E-state index in [1.807, 2.05) is 18.2 Å². The minimum atomic E-state index is 0.603. The predicted octanol–water partition coefficient (Wildman–Crippen LogP) is 3.57. The van der Waals surface area contributed by atoms with E-state index in [0.29, 0.717) is 12.3 Å². The normalized spacial score (nSPS) is 11.3. The topological polar surface area (TPSA) is 27.0 Å². The first-order chi connectivity index (χ1) is 8.72. The van der Waals surface area contributed by atoms with Gasteiger partial charge in [0.2, 0.25) is 0 Å². The maximum Gasteiger partial charge on any atom is 0.0635 e. The van der Waals surface area contributed by atoms with Crippen molar-refractivity contribution in [2.24, 2.45) is 5.92 Å². The highest BCUT2D eigenvalue weighted by atomic mass is 15.1. The fraction of sp³-hybridized carbons (Fsp3) is 0.438. The highest BCUT2D eigenvalue weighted by Crippen LogP contribution is 2.03. The molecule has 96 valence electrons. The van der Waals surface area contributed by atoms with Crippen LogP contribution in [0.15, 0.2) is 36.4 Å². The van der Waals surface area contributed by atoms with E-state index in [9.17, 15) is 0 Å². The molecule has 0 bridgehead atoms. The second kappa shape index (κ2) is 8.49. The van der Waals surface area contributed by atoms with E-state index in [1.54, 1.807) is 0 Å². The molecule has 0 radical (unpaired) electrons. The van der Waals surface area contributed by atoms with Crippen molar-refractivity contribution in [2.45, 2.75) is 20.3 Å². The molecule has 0 aliphatic rings. The summed E-state index contributed by atoms with van der Waals surface area (Å²) in [7, 11) is 0. The SMILES string of the molecule is CC(C)CN(CC=Cc1ccccc1)CCC#N. The van der Waals surface area contributed by atoms with Gasteiger partial charge in [-0.2, -0.15) is 5.26 Å². The average Bonchev–Trinajstić information content (AvgIpc) is 2.36. The van der Waals surface area contributed by atoms with E-state index in [2.05, 4.69) is 49.1 Å². The van der Waals surface area contributed by atoms with Crippen LogP contribution in [-0.4, -0.2) is 24.5 Å². The average molecular weight is 242 g/mol. The quantitative estimate of drug-likeness (QED) is 0.731. The van der Waals surface area contributed by atoms with Gasteiger partial charge < -0.3 is 0 Å². The molecule has 0 fully saturated rings. The number of hydrogen-bond acceptors (Lipinski definition) is 2. The molecule has 0 amide bonds. The van der Waals surface area contributed by atoms with E-state index in [0.717, 1.165) is 19.6 Å². The molecule has 0 atom stereocenters. The number of benzene rings is 1. The van der Waals surface area contributed by atoms with Crippen LogP contribution in [0.25, 0.3) is 6.08 Å². The Kier molecular flexibility index (Phi) is 6.83. The molecule has 0 saturated heterocycles. The fourth-order valence-corrected chi connectivity index (χ4v) is 1.88. The molecule has 0 heterocycles. The van der Waals surface area contributed by atoms with Crippen molar-refractivity contribution in [3.05, 3.63) is 42.0 Å². The number of nitrogens with zero attached hydrogens (tertiary/aromatic N) is 2. The zero-order chi connectivity index (χ0) is 13.2. The van der Waals surface area contributed by atoms with Crippen molar-refractivity contribution in [2.75, 3.05) is 19.6 Å². The molecule has 0 spiro atoms. The van der Waals surface area contributed by atoms with Crippen LogP contribution in [0.3, 0.4) is 0 Å². The van der Waals surface area contributed by atoms with E-state index in [4.69, 9.17) is 5.26 Å². The van der Waals surface area contributed by atoms with Crippen molar-refractivity contribution in [3.63, 3.8) is 0 Å². The minimum absolute atomic E-state index is 0.603. The zero-order valence-corrected chi connectivity index (χ0v) is 11.3. The van der Waals surface area contributed by atoms with Crippen molar-refractivity contribution in [1.82, 2.24) is 4.90 Å². The minimum Gasteiger partial charge on any atom is -0.298 e. The van der Waals surface area contributed by atoms with Gasteiger partial charge in [0.05, 0.1) is 6.07 Å². The van der Waals surface area contributed by atoms with Gasteiger partial charge in [0.1, 0.15) is 0 Å². The number of nitriles is 1. The summed E-state index contributed by atoms with van der Waals surface area (Å²) in [5.74, 6) is 0.633.